The fourth-order valence-electron chi connectivity index (χ4n) is 0.0798. The van der Waals surface area contributed by atoms with Crippen LogP contribution in [0.5, 0.6) is 0 Å². The number of nitrogens with one attached hydrogen (secondary N) is 2. The van der Waals surface area contributed by atoms with Crippen LogP contribution in [0.3, 0.4) is 0 Å². The zero-order valence-electron chi connectivity index (χ0n) is 3.47. The van der Waals surface area contributed by atoms with Crippen molar-refractivity contribution >= 4 is 17.3 Å². The maximum atomic E-state index is 4.90. The number of hydrazine groups is 1. The van der Waals surface area contributed by atoms with Crippen LogP contribution < -0.4 is 22.6 Å². The molecule has 0 aliphatic carbocycles. The van der Waals surface area contributed by atoms with Gasteiger partial charge in [-0.1, -0.05) is 5.59 Å². The molecule has 0 heterocycles. The maximum Gasteiger partial charge on any atom is 0.180 e. The second-order valence-corrected chi connectivity index (χ2v) is 1.15. The summed E-state index contributed by atoms with van der Waals surface area (Å²) in [6.07, 6.45) is 0. The predicted octanol–water partition coefficient (Wildman–Crippen LogP) is -1.87. The SMILES string of the molecule is NONNC(N)=S. The minimum atomic E-state index is 0.0745. The van der Waals surface area contributed by atoms with Crippen LogP contribution in [0.1, 0.15) is 0 Å². The molecule has 0 aromatic carbocycles. The molecule has 0 rings (SSSR count). The summed E-state index contributed by atoms with van der Waals surface area (Å²) in [5.74, 6) is 4.49. The number of nitrogens with two attached hydrogens (primary N) is 2. The molecule has 0 unspecified atom stereocenters. The molecule has 5 nitrogen and oxygen atoms in total. The van der Waals surface area contributed by atoms with Crippen LogP contribution in [0.25, 0.3) is 0 Å². The Morgan fingerprint density at radius 3 is 2.43 bits per heavy atom. The fraction of sp³-hybridized carbons (Fsp3) is 0. The fourth-order valence-corrected chi connectivity index (χ4v) is 0.121. The first-order valence-electron chi connectivity index (χ1n) is 1.43. The van der Waals surface area contributed by atoms with Crippen molar-refractivity contribution in [1.29, 1.82) is 0 Å². The van der Waals surface area contributed by atoms with Gasteiger partial charge in [-0.3, -0.25) is 5.43 Å². The molecule has 0 aliphatic rings. The molecule has 0 aliphatic heterocycles. The van der Waals surface area contributed by atoms with Crippen molar-refractivity contribution in [2.45, 2.75) is 0 Å². The predicted molar refractivity (Wildman–Crippen MR) is 28.3 cm³/mol. The number of hydrogen-bond acceptors (Lipinski definition) is 4. The van der Waals surface area contributed by atoms with Gasteiger partial charge in [0.05, 0.1) is 0 Å². The molecule has 0 amide bonds. The maximum absolute atomic E-state index is 4.90. The lowest BCUT2D eigenvalue weighted by atomic mass is 11.2. The molecule has 0 atom stereocenters. The summed E-state index contributed by atoms with van der Waals surface area (Å²) < 4.78 is 0. The van der Waals surface area contributed by atoms with Gasteiger partial charge in [-0.2, -0.15) is 10.8 Å². The van der Waals surface area contributed by atoms with E-state index in [4.69, 9.17) is 5.73 Å². The Balaban J connectivity index is 2.82. The van der Waals surface area contributed by atoms with E-state index in [0.717, 1.165) is 0 Å². The van der Waals surface area contributed by atoms with Gasteiger partial charge in [-0.15, -0.1) is 0 Å². The van der Waals surface area contributed by atoms with Gasteiger partial charge in [0.1, 0.15) is 0 Å². The summed E-state index contributed by atoms with van der Waals surface area (Å²) in [5, 5.41) is 0.0745. The standard InChI is InChI=1S/CH6N4OS/c2-1(7)4-5-6-3/h5H,3H2,(H3,2,4,7). The molecule has 7 heavy (non-hydrogen) atoms. The van der Waals surface area contributed by atoms with Gasteiger partial charge >= 0.3 is 0 Å². The van der Waals surface area contributed by atoms with E-state index in [1.807, 2.05) is 5.59 Å². The van der Waals surface area contributed by atoms with Gasteiger partial charge in [0, 0.05) is 0 Å². The van der Waals surface area contributed by atoms with E-state index in [9.17, 15) is 0 Å². The number of hydrogen-bond donors (Lipinski definition) is 4. The Morgan fingerprint density at radius 1 is 1.71 bits per heavy atom. The average Bonchev–Trinajstić information content (AvgIpc) is 1.61. The molecule has 0 saturated heterocycles. The van der Waals surface area contributed by atoms with Crippen molar-refractivity contribution in [2.24, 2.45) is 11.6 Å². The third-order valence-electron chi connectivity index (χ3n) is 0.233. The number of thiocarbonyl (C=S) groups is 1. The minimum Gasteiger partial charge on any atom is -0.375 e. The van der Waals surface area contributed by atoms with Crippen molar-refractivity contribution in [1.82, 2.24) is 11.0 Å². The van der Waals surface area contributed by atoms with Gasteiger partial charge in [-0.25, -0.2) is 0 Å². The molecule has 6 N–H and O–H groups in total. The van der Waals surface area contributed by atoms with Gasteiger partial charge in [0.15, 0.2) is 5.11 Å². The Labute approximate surface area is 45.9 Å². The Hall–Kier alpha value is -0.430. The lowest BCUT2D eigenvalue weighted by molar-refractivity contribution is 0.0249. The second kappa shape index (κ2) is 3.75. The van der Waals surface area contributed by atoms with Gasteiger partial charge in [-0.05, 0) is 12.2 Å². The van der Waals surface area contributed by atoms with Crippen LogP contribution in [-0.2, 0) is 4.94 Å². The smallest absolute Gasteiger partial charge is 0.180 e. The van der Waals surface area contributed by atoms with Crippen molar-refractivity contribution in [3.63, 3.8) is 0 Å². The highest BCUT2D eigenvalue weighted by atomic mass is 32.1. The van der Waals surface area contributed by atoms with Crippen molar-refractivity contribution in [3.05, 3.63) is 0 Å². The third kappa shape index (κ3) is 5.57. The molecular formula is CH6N4OS. The first kappa shape index (κ1) is 6.57. The van der Waals surface area contributed by atoms with Crippen LogP contribution >= 0.6 is 12.2 Å². The molecular weight excluding hydrogens is 116 g/mol. The Kier molecular flexibility index (Phi) is 3.52. The molecule has 0 aromatic heterocycles. The second-order valence-electron chi connectivity index (χ2n) is 0.709. The lowest BCUT2D eigenvalue weighted by Gasteiger charge is -1.98. The zero-order valence-corrected chi connectivity index (χ0v) is 4.29. The van der Waals surface area contributed by atoms with Crippen LogP contribution in [0, 0.1) is 0 Å². The van der Waals surface area contributed by atoms with Crippen LogP contribution in [-0.4, -0.2) is 5.11 Å². The summed E-state index contributed by atoms with van der Waals surface area (Å²) in [6.45, 7) is 0. The zero-order chi connectivity index (χ0) is 5.70. The van der Waals surface area contributed by atoms with Crippen LogP contribution in [0.2, 0.25) is 0 Å². The van der Waals surface area contributed by atoms with Gasteiger partial charge in [0.25, 0.3) is 0 Å². The largest absolute Gasteiger partial charge is 0.375 e. The van der Waals surface area contributed by atoms with E-state index in [2.05, 4.69) is 28.5 Å². The molecule has 6 heteroatoms. The molecule has 0 spiro atoms. The Bertz CT molecular complexity index is 64.7. The summed E-state index contributed by atoms with van der Waals surface area (Å²) >= 11 is 4.33. The van der Waals surface area contributed by atoms with E-state index >= 15 is 0 Å². The molecule has 42 valence electrons. The van der Waals surface area contributed by atoms with E-state index < -0.39 is 0 Å². The molecule has 0 radical (unpaired) electrons. The van der Waals surface area contributed by atoms with Gasteiger partial charge in [0.2, 0.25) is 0 Å². The van der Waals surface area contributed by atoms with Gasteiger partial charge < -0.3 is 5.73 Å². The topological polar surface area (TPSA) is 85.3 Å². The van der Waals surface area contributed by atoms with Crippen LogP contribution in [0.15, 0.2) is 0 Å². The van der Waals surface area contributed by atoms with E-state index in [0.29, 0.717) is 0 Å². The van der Waals surface area contributed by atoms with Crippen molar-refractivity contribution in [2.75, 3.05) is 0 Å². The molecule has 0 saturated carbocycles. The summed E-state index contributed by atoms with van der Waals surface area (Å²) in [4.78, 5) is 3.82. The van der Waals surface area contributed by atoms with Crippen molar-refractivity contribution < 1.29 is 4.94 Å². The molecule has 0 fully saturated rings. The first-order valence-corrected chi connectivity index (χ1v) is 1.84. The van der Waals surface area contributed by atoms with E-state index in [1.165, 1.54) is 0 Å². The highest BCUT2D eigenvalue weighted by Gasteiger charge is 1.77. The summed E-state index contributed by atoms with van der Waals surface area (Å²) in [7, 11) is 0. The monoisotopic (exact) mass is 122 g/mol. The normalized spacial score (nSPS) is 8.14. The minimum absolute atomic E-state index is 0.0745. The van der Waals surface area contributed by atoms with Crippen LogP contribution in [0.4, 0.5) is 0 Å². The highest BCUT2D eigenvalue weighted by Crippen LogP contribution is 1.46. The third-order valence-corrected chi connectivity index (χ3v) is 0.335. The number of rotatable bonds is 2. The summed E-state index contributed by atoms with van der Waals surface area (Å²) in [6, 6.07) is 0. The summed E-state index contributed by atoms with van der Waals surface area (Å²) in [5.41, 5.74) is 9.12. The molecule has 0 bridgehead atoms. The Morgan fingerprint density at radius 2 is 2.29 bits per heavy atom. The highest BCUT2D eigenvalue weighted by molar-refractivity contribution is 7.80. The molecule has 0 aromatic rings. The van der Waals surface area contributed by atoms with E-state index in [1.54, 1.807) is 0 Å². The quantitative estimate of drug-likeness (QED) is 0.253. The average molecular weight is 122 g/mol. The van der Waals surface area contributed by atoms with Crippen molar-refractivity contribution in [3.8, 4) is 0 Å². The van der Waals surface area contributed by atoms with E-state index in [-0.39, 0.29) is 5.11 Å². The first-order chi connectivity index (χ1) is 3.27. The lowest BCUT2D eigenvalue weighted by Crippen LogP contribution is -2.42.